The zero-order valence-corrected chi connectivity index (χ0v) is 15.1. The summed E-state index contributed by atoms with van der Waals surface area (Å²) in [5.41, 5.74) is 5.27. The molecule has 3 aromatic rings. The number of halogens is 1. The number of hydrazone groups is 1. The third-order valence-electron chi connectivity index (χ3n) is 3.82. The largest absolute Gasteiger partial charge is 0.344 e. The molecule has 0 aliphatic carbocycles. The summed E-state index contributed by atoms with van der Waals surface area (Å²) in [7, 11) is 0. The fourth-order valence-electron chi connectivity index (χ4n) is 2.63. The monoisotopic (exact) mass is 383 g/mol. The van der Waals surface area contributed by atoms with Gasteiger partial charge in [-0.3, -0.25) is 4.79 Å². The van der Waals surface area contributed by atoms with Gasteiger partial charge in [0.05, 0.1) is 11.8 Å². The van der Waals surface area contributed by atoms with Crippen LogP contribution < -0.4 is 5.43 Å². The van der Waals surface area contributed by atoms with Gasteiger partial charge in [-0.25, -0.2) is 5.43 Å². The SMILES string of the molecule is CC(C)n1cc(/C=N/NC(=O)c2ccccc2Br)c2ccccc21. The van der Waals surface area contributed by atoms with Crippen LogP contribution in [0.1, 0.15) is 35.8 Å². The Kier molecular flexibility index (Phi) is 4.81. The van der Waals surface area contributed by atoms with Gasteiger partial charge in [0.1, 0.15) is 0 Å². The minimum absolute atomic E-state index is 0.244. The van der Waals surface area contributed by atoms with E-state index in [2.05, 4.69) is 63.2 Å². The van der Waals surface area contributed by atoms with E-state index in [4.69, 9.17) is 0 Å². The molecule has 4 nitrogen and oxygen atoms in total. The maximum Gasteiger partial charge on any atom is 0.272 e. The van der Waals surface area contributed by atoms with Gasteiger partial charge in [-0.2, -0.15) is 5.10 Å². The molecule has 24 heavy (non-hydrogen) atoms. The maximum absolute atomic E-state index is 12.2. The summed E-state index contributed by atoms with van der Waals surface area (Å²) in [4.78, 5) is 12.2. The zero-order chi connectivity index (χ0) is 17.1. The molecule has 0 atom stereocenters. The van der Waals surface area contributed by atoms with E-state index in [9.17, 15) is 4.79 Å². The Morgan fingerprint density at radius 1 is 1.17 bits per heavy atom. The van der Waals surface area contributed by atoms with Crippen LogP contribution in [0, 0.1) is 0 Å². The molecule has 0 saturated heterocycles. The van der Waals surface area contributed by atoms with Crippen LogP contribution in [0.2, 0.25) is 0 Å². The van der Waals surface area contributed by atoms with Gasteiger partial charge in [0.25, 0.3) is 5.91 Å². The fraction of sp³-hybridized carbons (Fsp3) is 0.158. The molecule has 5 heteroatoms. The van der Waals surface area contributed by atoms with Gasteiger partial charge in [0.2, 0.25) is 0 Å². The first kappa shape index (κ1) is 16.5. The van der Waals surface area contributed by atoms with Gasteiger partial charge in [-0.15, -0.1) is 0 Å². The van der Waals surface area contributed by atoms with Crippen molar-refractivity contribution in [1.29, 1.82) is 0 Å². The third-order valence-corrected chi connectivity index (χ3v) is 4.51. The molecule has 0 radical (unpaired) electrons. The quantitative estimate of drug-likeness (QED) is 0.512. The number of rotatable bonds is 4. The van der Waals surface area contributed by atoms with Crippen molar-refractivity contribution in [1.82, 2.24) is 9.99 Å². The molecule has 0 aliphatic heterocycles. The number of carbonyl (C=O) groups excluding carboxylic acids is 1. The van der Waals surface area contributed by atoms with E-state index >= 15 is 0 Å². The lowest BCUT2D eigenvalue weighted by atomic mass is 10.2. The molecule has 2 aromatic carbocycles. The van der Waals surface area contributed by atoms with Gasteiger partial charge < -0.3 is 4.57 Å². The number of fused-ring (bicyclic) bond motifs is 1. The van der Waals surface area contributed by atoms with Crippen LogP contribution in [0.15, 0.2) is 64.3 Å². The number of hydrogen-bond acceptors (Lipinski definition) is 2. The predicted molar refractivity (Wildman–Crippen MR) is 102 cm³/mol. The topological polar surface area (TPSA) is 46.4 Å². The van der Waals surface area contributed by atoms with Crippen molar-refractivity contribution >= 4 is 39.0 Å². The Morgan fingerprint density at radius 3 is 2.62 bits per heavy atom. The molecule has 0 bridgehead atoms. The molecular weight excluding hydrogens is 366 g/mol. The smallest absolute Gasteiger partial charge is 0.272 e. The standard InChI is InChI=1S/C19H18BrN3O/c1-13(2)23-12-14(15-7-4-6-10-18(15)23)11-21-22-19(24)16-8-3-5-9-17(16)20/h3-13H,1-2H3,(H,22,24)/b21-11+. The van der Waals surface area contributed by atoms with E-state index < -0.39 is 0 Å². The first-order chi connectivity index (χ1) is 11.6. The average Bonchev–Trinajstić information content (AvgIpc) is 2.94. The van der Waals surface area contributed by atoms with Crippen molar-refractivity contribution in [3.8, 4) is 0 Å². The number of benzene rings is 2. The summed E-state index contributed by atoms with van der Waals surface area (Å²) in [6.45, 7) is 4.28. The van der Waals surface area contributed by atoms with Crippen LogP contribution in [-0.2, 0) is 0 Å². The lowest BCUT2D eigenvalue weighted by Crippen LogP contribution is -2.18. The Morgan fingerprint density at radius 2 is 1.88 bits per heavy atom. The molecule has 0 spiro atoms. The van der Waals surface area contributed by atoms with Crippen molar-refractivity contribution in [2.45, 2.75) is 19.9 Å². The molecule has 0 saturated carbocycles. The van der Waals surface area contributed by atoms with Crippen molar-refractivity contribution in [2.24, 2.45) is 5.10 Å². The van der Waals surface area contributed by atoms with Gasteiger partial charge >= 0.3 is 0 Å². The minimum Gasteiger partial charge on any atom is -0.344 e. The highest BCUT2D eigenvalue weighted by atomic mass is 79.9. The summed E-state index contributed by atoms with van der Waals surface area (Å²) < 4.78 is 2.95. The summed E-state index contributed by atoms with van der Waals surface area (Å²) in [6, 6.07) is 15.8. The predicted octanol–water partition coefficient (Wildman–Crippen LogP) is 4.75. The number of carbonyl (C=O) groups is 1. The second kappa shape index (κ2) is 7.01. The molecular formula is C19H18BrN3O. The number of aromatic nitrogens is 1. The van der Waals surface area contributed by atoms with Crippen LogP contribution in [0.5, 0.6) is 0 Å². The number of amides is 1. The second-order valence-electron chi connectivity index (χ2n) is 5.78. The molecule has 3 rings (SSSR count). The summed E-state index contributed by atoms with van der Waals surface area (Å²) in [5, 5.41) is 5.24. The minimum atomic E-state index is -0.244. The molecule has 0 unspecified atom stereocenters. The molecule has 1 aromatic heterocycles. The fourth-order valence-corrected chi connectivity index (χ4v) is 3.09. The van der Waals surface area contributed by atoms with Gasteiger partial charge in [0, 0.05) is 33.2 Å². The van der Waals surface area contributed by atoms with E-state index in [0.29, 0.717) is 11.6 Å². The van der Waals surface area contributed by atoms with E-state index in [1.807, 2.05) is 30.3 Å². The van der Waals surface area contributed by atoms with E-state index in [1.54, 1.807) is 12.3 Å². The van der Waals surface area contributed by atoms with Gasteiger partial charge in [-0.1, -0.05) is 30.3 Å². The number of nitrogens with one attached hydrogen (secondary N) is 1. The van der Waals surface area contributed by atoms with Crippen LogP contribution in [0.3, 0.4) is 0 Å². The molecule has 1 N–H and O–H groups in total. The lowest BCUT2D eigenvalue weighted by Gasteiger charge is -2.08. The lowest BCUT2D eigenvalue weighted by molar-refractivity contribution is 0.0954. The van der Waals surface area contributed by atoms with Gasteiger partial charge in [0.15, 0.2) is 0 Å². The Hall–Kier alpha value is -2.40. The molecule has 122 valence electrons. The van der Waals surface area contributed by atoms with Crippen molar-refractivity contribution in [3.63, 3.8) is 0 Å². The van der Waals surface area contributed by atoms with E-state index in [0.717, 1.165) is 20.9 Å². The second-order valence-corrected chi connectivity index (χ2v) is 6.64. The number of hydrogen-bond donors (Lipinski definition) is 1. The zero-order valence-electron chi connectivity index (χ0n) is 13.5. The van der Waals surface area contributed by atoms with Crippen molar-refractivity contribution in [3.05, 3.63) is 70.3 Å². The summed E-state index contributed by atoms with van der Waals surface area (Å²) in [6.07, 6.45) is 3.75. The van der Waals surface area contributed by atoms with Gasteiger partial charge in [-0.05, 0) is 48.0 Å². The number of para-hydroxylation sites is 1. The maximum atomic E-state index is 12.2. The highest BCUT2D eigenvalue weighted by Gasteiger charge is 2.10. The molecule has 1 amide bonds. The first-order valence-corrected chi connectivity index (χ1v) is 8.54. The average molecular weight is 384 g/mol. The molecule has 0 aliphatic rings. The van der Waals surface area contributed by atoms with Crippen LogP contribution >= 0.6 is 15.9 Å². The Bertz CT molecular complexity index is 912. The Labute approximate surface area is 149 Å². The highest BCUT2D eigenvalue weighted by molar-refractivity contribution is 9.10. The van der Waals surface area contributed by atoms with E-state index in [-0.39, 0.29) is 5.91 Å². The van der Waals surface area contributed by atoms with Crippen molar-refractivity contribution < 1.29 is 4.79 Å². The Balaban J connectivity index is 1.84. The summed E-state index contributed by atoms with van der Waals surface area (Å²) >= 11 is 3.37. The first-order valence-electron chi connectivity index (χ1n) is 7.75. The summed E-state index contributed by atoms with van der Waals surface area (Å²) in [5.74, 6) is -0.244. The molecule has 1 heterocycles. The highest BCUT2D eigenvalue weighted by Crippen LogP contribution is 2.23. The number of nitrogens with zero attached hydrogens (tertiary/aromatic N) is 2. The normalized spacial score (nSPS) is 11.5. The van der Waals surface area contributed by atoms with E-state index in [1.165, 1.54) is 0 Å². The van der Waals surface area contributed by atoms with Crippen LogP contribution in [-0.4, -0.2) is 16.7 Å². The van der Waals surface area contributed by atoms with Crippen molar-refractivity contribution in [2.75, 3.05) is 0 Å². The molecule has 0 fully saturated rings. The van der Waals surface area contributed by atoms with Crippen LogP contribution in [0.25, 0.3) is 10.9 Å². The van der Waals surface area contributed by atoms with Crippen LogP contribution in [0.4, 0.5) is 0 Å². The third kappa shape index (κ3) is 3.26.